The number of aryl methyl sites for hydroxylation is 2. The number of benzene rings is 2. The van der Waals surface area contributed by atoms with Crippen LogP contribution in [0.5, 0.6) is 0 Å². The van der Waals surface area contributed by atoms with Crippen LogP contribution in [0.15, 0.2) is 54.7 Å². The third-order valence-electron chi connectivity index (χ3n) is 5.00. The van der Waals surface area contributed by atoms with E-state index in [0.717, 1.165) is 36.5 Å². The summed E-state index contributed by atoms with van der Waals surface area (Å²) in [6.07, 6.45) is 4.40. The monoisotopic (exact) mass is 343 g/mol. The minimum Gasteiger partial charge on any atom is -0.370 e. The smallest absolute Gasteiger partial charge is 0.147 e. The molecular weight excluding hydrogens is 318 g/mol. The van der Waals surface area contributed by atoms with E-state index in [1.165, 1.54) is 27.5 Å². The number of imidazole rings is 1. The van der Waals surface area contributed by atoms with Crippen LogP contribution in [0, 0.1) is 6.92 Å². The van der Waals surface area contributed by atoms with Crippen molar-refractivity contribution in [2.75, 3.05) is 11.9 Å². The molecule has 0 saturated carbocycles. The standard InChI is InChI=1S/C23H25N3/c1-4-9-17-11-8-13-20-19(17)14-15-26-22(20)25-21(23(26)24-5-2)18-12-7-6-10-16(18)3/h6-8,10-15,24H,4-5,9H2,1-3H3. The van der Waals surface area contributed by atoms with Gasteiger partial charge in [0.15, 0.2) is 0 Å². The highest BCUT2D eigenvalue weighted by molar-refractivity contribution is 5.98. The normalized spacial score (nSPS) is 11.3. The Morgan fingerprint density at radius 1 is 0.962 bits per heavy atom. The first-order valence-electron chi connectivity index (χ1n) is 9.47. The van der Waals surface area contributed by atoms with E-state index >= 15 is 0 Å². The minimum absolute atomic E-state index is 0.862. The average molecular weight is 343 g/mol. The van der Waals surface area contributed by atoms with E-state index in [4.69, 9.17) is 4.98 Å². The van der Waals surface area contributed by atoms with Gasteiger partial charge in [0.25, 0.3) is 0 Å². The number of aromatic nitrogens is 2. The molecule has 4 aromatic rings. The molecule has 2 heterocycles. The van der Waals surface area contributed by atoms with E-state index < -0.39 is 0 Å². The van der Waals surface area contributed by atoms with Crippen molar-refractivity contribution in [2.45, 2.75) is 33.6 Å². The van der Waals surface area contributed by atoms with Gasteiger partial charge in [-0.1, -0.05) is 55.8 Å². The minimum atomic E-state index is 0.862. The summed E-state index contributed by atoms with van der Waals surface area (Å²) in [6, 6.07) is 17.3. The van der Waals surface area contributed by atoms with Crippen molar-refractivity contribution in [3.8, 4) is 11.3 Å². The molecule has 0 aliphatic rings. The van der Waals surface area contributed by atoms with Gasteiger partial charge in [-0.05, 0) is 42.8 Å². The van der Waals surface area contributed by atoms with Gasteiger partial charge in [-0.25, -0.2) is 4.98 Å². The summed E-state index contributed by atoms with van der Waals surface area (Å²) in [7, 11) is 0. The highest BCUT2D eigenvalue weighted by atomic mass is 15.1. The molecule has 4 rings (SSSR count). The first kappa shape index (κ1) is 16.6. The molecule has 0 atom stereocenters. The van der Waals surface area contributed by atoms with E-state index in [2.05, 4.69) is 85.2 Å². The summed E-state index contributed by atoms with van der Waals surface area (Å²) in [4.78, 5) is 5.09. The summed E-state index contributed by atoms with van der Waals surface area (Å²) in [5.74, 6) is 1.07. The lowest BCUT2D eigenvalue weighted by Gasteiger charge is -2.09. The molecule has 0 bridgehead atoms. The molecule has 2 aromatic carbocycles. The zero-order valence-electron chi connectivity index (χ0n) is 15.7. The number of nitrogens with zero attached hydrogens (tertiary/aromatic N) is 2. The second-order valence-electron chi connectivity index (χ2n) is 6.79. The van der Waals surface area contributed by atoms with E-state index in [1.54, 1.807) is 0 Å². The Bertz CT molecular complexity index is 1080. The molecule has 3 heteroatoms. The lowest BCUT2D eigenvalue weighted by molar-refractivity contribution is 0.929. The second-order valence-corrected chi connectivity index (χ2v) is 6.79. The molecule has 0 aliphatic carbocycles. The van der Waals surface area contributed by atoms with Crippen molar-refractivity contribution >= 4 is 22.2 Å². The topological polar surface area (TPSA) is 29.3 Å². The van der Waals surface area contributed by atoms with Crippen molar-refractivity contribution in [2.24, 2.45) is 0 Å². The Morgan fingerprint density at radius 3 is 2.58 bits per heavy atom. The molecule has 0 fully saturated rings. The molecule has 0 unspecified atom stereocenters. The van der Waals surface area contributed by atoms with Crippen LogP contribution in [0.2, 0.25) is 0 Å². The zero-order chi connectivity index (χ0) is 18.1. The third-order valence-corrected chi connectivity index (χ3v) is 5.00. The Hall–Kier alpha value is -2.81. The molecule has 26 heavy (non-hydrogen) atoms. The quantitative estimate of drug-likeness (QED) is 0.493. The number of hydrogen-bond donors (Lipinski definition) is 1. The van der Waals surface area contributed by atoms with Crippen LogP contribution >= 0.6 is 0 Å². The van der Waals surface area contributed by atoms with Gasteiger partial charge >= 0.3 is 0 Å². The van der Waals surface area contributed by atoms with Crippen LogP contribution in [0.25, 0.3) is 27.7 Å². The maximum absolute atomic E-state index is 5.09. The van der Waals surface area contributed by atoms with Crippen molar-refractivity contribution in [1.82, 2.24) is 9.38 Å². The van der Waals surface area contributed by atoms with Crippen molar-refractivity contribution in [1.29, 1.82) is 0 Å². The molecular formula is C23H25N3. The summed E-state index contributed by atoms with van der Waals surface area (Å²) in [5, 5.41) is 6.06. The Kier molecular flexibility index (Phi) is 4.37. The molecule has 2 aromatic heterocycles. The first-order valence-corrected chi connectivity index (χ1v) is 9.47. The van der Waals surface area contributed by atoms with Crippen LogP contribution < -0.4 is 5.32 Å². The Morgan fingerprint density at radius 2 is 1.81 bits per heavy atom. The maximum atomic E-state index is 5.09. The first-order chi connectivity index (χ1) is 12.7. The van der Waals surface area contributed by atoms with Gasteiger partial charge < -0.3 is 5.32 Å². The zero-order valence-corrected chi connectivity index (χ0v) is 15.7. The van der Waals surface area contributed by atoms with Gasteiger partial charge in [0, 0.05) is 23.7 Å². The number of fused-ring (bicyclic) bond motifs is 3. The number of hydrogen-bond acceptors (Lipinski definition) is 2. The SMILES string of the molecule is CCCc1cccc2c1ccn1c(NCC)c(-c3ccccc3C)nc21. The molecule has 132 valence electrons. The highest BCUT2D eigenvalue weighted by Gasteiger charge is 2.17. The molecule has 0 aliphatic heterocycles. The maximum Gasteiger partial charge on any atom is 0.147 e. The predicted molar refractivity (Wildman–Crippen MR) is 111 cm³/mol. The van der Waals surface area contributed by atoms with Crippen LogP contribution in [0.1, 0.15) is 31.4 Å². The summed E-state index contributed by atoms with van der Waals surface area (Å²) >= 11 is 0. The molecule has 0 saturated heterocycles. The van der Waals surface area contributed by atoms with Gasteiger partial charge in [-0.15, -0.1) is 0 Å². The number of nitrogens with one attached hydrogen (secondary N) is 1. The van der Waals surface area contributed by atoms with Gasteiger partial charge in [-0.2, -0.15) is 0 Å². The van der Waals surface area contributed by atoms with Gasteiger partial charge in [0.1, 0.15) is 17.2 Å². The number of pyridine rings is 1. The molecule has 1 N–H and O–H groups in total. The van der Waals surface area contributed by atoms with Crippen LogP contribution in [-0.4, -0.2) is 15.9 Å². The van der Waals surface area contributed by atoms with Crippen LogP contribution in [0.3, 0.4) is 0 Å². The fourth-order valence-corrected chi connectivity index (χ4v) is 3.77. The average Bonchev–Trinajstić information content (AvgIpc) is 3.02. The predicted octanol–water partition coefficient (Wildman–Crippen LogP) is 5.85. The summed E-state index contributed by atoms with van der Waals surface area (Å²) in [5.41, 5.74) is 5.88. The highest BCUT2D eigenvalue weighted by Crippen LogP contribution is 2.34. The second kappa shape index (κ2) is 6.83. The molecule has 0 amide bonds. The van der Waals surface area contributed by atoms with Crippen LogP contribution in [0.4, 0.5) is 5.82 Å². The molecule has 0 radical (unpaired) electrons. The third kappa shape index (κ3) is 2.64. The van der Waals surface area contributed by atoms with Crippen molar-refractivity contribution < 1.29 is 0 Å². The lowest BCUT2D eigenvalue weighted by atomic mass is 10.0. The van der Waals surface area contributed by atoms with Crippen molar-refractivity contribution in [3.63, 3.8) is 0 Å². The summed E-state index contributed by atoms with van der Waals surface area (Å²) < 4.78 is 2.20. The number of anilines is 1. The molecule has 0 spiro atoms. The van der Waals surface area contributed by atoms with Crippen molar-refractivity contribution in [3.05, 3.63) is 65.9 Å². The Labute approximate surface area is 154 Å². The van der Waals surface area contributed by atoms with E-state index in [-0.39, 0.29) is 0 Å². The van der Waals surface area contributed by atoms with E-state index in [9.17, 15) is 0 Å². The molecule has 3 nitrogen and oxygen atoms in total. The summed E-state index contributed by atoms with van der Waals surface area (Å²) in [6.45, 7) is 7.36. The largest absolute Gasteiger partial charge is 0.370 e. The lowest BCUT2D eigenvalue weighted by Crippen LogP contribution is -2.02. The number of rotatable bonds is 5. The van der Waals surface area contributed by atoms with E-state index in [1.807, 2.05) is 0 Å². The Balaban J connectivity index is 2.04. The fourth-order valence-electron chi connectivity index (χ4n) is 3.77. The van der Waals surface area contributed by atoms with E-state index in [0.29, 0.717) is 0 Å². The fraction of sp³-hybridized carbons (Fsp3) is 0.261. The van der Waals surface area contributed by atoms with Crippen LogP contribution in [-0.2, 0) is 6.42 Å². The van der Waals surface area contributed by atoms with Gasteiger partial charge in [0.05, 0.1) is 0 Å². The van der Waals surface area contributed by atoms with Gasteiger partial charge in [0.2, 0.25) is 0 Å². The van der Waals surface area contributed by atoms with Gasteiger partial charge in [-0.3, -0.25) is 4.40 Å².